The lowest BCUT2D eigenvalue weighted by Crippen LogP contribution is -2.40. The molecular weight excluding hydrogens is 376 g/mol. The highest BCUT2D eigenvalue weighted by Crippen LogP contribution is 2.26. The molecule has 1 aromatic heterocycles. The number of hydrogen-bond donors (Lipinski definition) is 2. The first kappa shape index (κ1) is 21.9. The predicted molar refractivity (Wildman–Crippen MR) is 110 cm³/mol. The number of hydrogen-bond acceptors (Lipinski definition) is 6. The maximum absolute atomic E-state index is 12.0. The van der Waals surface area contributed by atoms with E-state index in [1.807, 2.05) is 36.9 Å². The van der Waals surface area contributed by atoms with Gasteiger partial charge in [-0.25, -0.2) is 4.79 Å². The quantitative estimate of drug-likeness (QED) is 0.623. The van der Waals surface area contributed by atoms with Crippen LogP contribution in [0.15, 0.2) is 35.5 Å². The number of aromatic nitrogens is 3. The lowest BCUT2D eigenvalue weighted by Gasteiger charge is -2.23. The zero-order valence-electron chi connectivity index (χ0n) is 16.8. The average molecular weight is 405 g/mol. The van der Waals surface area contributed by atoms with Crippen molar-refractivity contribution in [2.45, 2.75) is 38.0 Å². The van der Waals surface area contributed by atoms with Crippen LogP contribution in [-0.4, -0.2) is 58.0 Å². The van der Waals surface area contributed by atoms with E-state index in [9.17, 15) is 9.59 Å². The Morgan fingerprint density at radius 1 is 1.18 bits per heavy atom. The Hall–Kier alpha value is -2.39. The van der Waals surface area contributed by atoms with Gasteiger partial charge in [0.25, 0.3) is 0 Å². The molecule has 2 N–H and O–H groups in total. The van der Waals surface area contributed by atoms with Crippen LogP contribution in [0.2, 0.25) is 0 Å². The fourth-order valence-corrected chi connectivity index (χ4v) is 3.59. The molecule has 8 nitrogen and oxygen atoms in total. The summed E-state index contributed by atoms with van der Waals surface area (Å²) in [6.07, 6.45) is 0.891. The van der Waals surface area contributed by atoms with Crippen molar-refractivity contribution < 1.29 is 9.59 Å². The van der Waals surface area contributed by atoms with Crippen LogP contribution in [0.5, 0.6) is 0 Å². The summed E-state index contributed by atoms with van der Waals surface area (Å²) < 4.78 is 2.05. The van der Waals surface area contributed by atoms with Gasteiger partial charge in [0.2, 0.25) is 5.91 Å². The monoisotopic (exact) mass is 404 g/mol. The maximum Gasteiger partial charge on any atom is 0.321 e. The SMILES string of the molecule is CCNC(=O)NC(=O)CSc1nnc(C(CC)N(C)C)n1Cc1ccccc1. The summed E-state index contributed by atoms with van der Waals surface area (Å²) in [5, 5.41) is 14.2. The Balaban J connectivity index is 2.19. The molecule has 3 amide bonds. The van der Waals surface area contributed by atoms with Gasteiger partial charge in [-0.3, -0.25) is 15.0 Å². The number of carbonyl (C=O) groups is 2. The third-order valence-corrected chi connectivity index (χ3v) is 5.13. The molecule has 1 aromatic carbocycles. The number of nitrogens with zero attached hydrogens (tertiary/aromatic N) is 4. The lowest BCUT2D eigenvalue weighted by atomic mass is 10.2. The van der Waals surface area contributed by atoms with Crippen LogP contribution < -0.4 is 10.6 Å². The topological polar surface area (TPSA) is 92.2 Å². The van der Waals surface area contributed by atoms with Crippen LogP contribution >= 0.6 is 11.8 Å². The van der Waals surface area contributed by atoms with Gasteiger partial charge in [0.15, 0.2) is 11.0 Å². The number of benzene rings is 1. The minimum Gasteiger partial charge on any atom is -0.338 e. The third kappa shape index (κ3) is 6.07. The Morgan fingerprint density at radius 2 is 1.89 bits per heavy atom. The van der Waals surface area contributed by atoms with Crippen molar-refractivity contribution in [3.63, 3.8) is 0 Å². The van der Waals surface area contributed by atoms with Gasteiger partial charge in [0.05, 0.1) is 18.3 Å². The first-order valence-corrected chi connectivity index (χ1v) is 10.3. The van der Waals surface area contributed by atoms with Crippen molar-refractivity contribution in [3.8, 4) is 0 Å². The Labute approximate surface area is 170 Å². The zero-order chi connectivity index (χ0) is 20.5. The minimum absolute atomic E-state index is 0.0861. The standard InChI is InChI=1S/C19H28N6O2S/c1-5-15(24(3)4)17-22-23-19(25(17)12-14-10-8-7-9-11-14)28-13-16(26)21-18(27)20-6-2/h7-11,15H,5-6,12-13H2,1-4H3,(H2,20,21,26,27). The number of nitrogens with one attached hydrogen (secondary N) is 2. The molecule has 2 aromatic rings. The van der Waals surface area contributed by atoms with Gasteiger partial charge >= 0.3 is 6.03 Å². The molecule has 1 heterocycles. The Kier molecular flexibility index (Phi) is 8.46. The minimum atomic E-state index is -0.488. The van der Waals surface area contributed by atoms with Gasteiger partial charge in [-0.1, -0.05) is 49.0 Å². The first-order chi connectivity index (χ1) is 13.5. The van der Waals surface area contributed by atoms with Crippen molar-refractivity contribution in [1.82, 2.24) is 30.3 Å². The first-order valence-electron chi connectivity index (χ1n) is 9.30. The van der Waals surface area contributed by atoms with Crippen LogP contribution in [-0.2, 0) is 11.3 Å². The van der Waals surface area contributed by atoms with Crippen molar-refractivity contribution in [2.24, 2.45) is 0 Å². The van der Waals surface area contributed by atoms with E-state index < -0.39 is 6.03 Å². The van der Waals surface area contributed by atoms with Gasteiger partial charge in [-0.15, -0.1) is 10.2 Å². The molecule has 0 saturated carbocycles. The van der Waals surface area contributed by atoms with Crippen LogP contribution in [0.25, 0.3) is 0 Å². The number of thioether (sulfide) groups is 1. The second-order valence-corrected chi connectivity index (χ2v) is 7.44. The van der Waals surface area contributed by atoms with E-state index in [0.29, 0.717) is 18.2 Å². The van der Waals surface area contributed by atoms with Gasteiger partial charge < -0.3 is 9.88 Å². The molecule has 0 aliphatic carbocycles. The van der Waals surface area contributed by atoms with Gasteiger partial charge in [0, 0.05) is 6.54 Å². The Morgan fingerprint density at radius 3 is 2.50 bits per heavy atom. The fraction of sp³-hybridized carbons (Fsp3) is 0.474. The second kappa shape index (κ2) is 10.8. The van der Waals surface area contributed by atoms with Crippen molar-refractivity contribution >= 4 is 23.7 Å². The second-order valence-electron chi connectivity index (χ2n) is 6.50. The third-order valence-electron chi connectivity index (χ3n) is 4.16. The molecule has 28 heavy (non-hydrogen) atoms. The molecule has 9 heteroatoms. The van der Waals surface area contributed by atoms with Crippen LogP contribution in [0, 0.1) is 0 Å². The molecule has 0 aliphatic rings. The van der Waals surface area contributed by atoms with Crippen LogP contribution in [0.4, 0.5) is 4.79 Å². The lowest BCUT2D eigenvalue weighted by molar-refractivity contribution is -0.117. The summed E-state index contributed by atoms with van der Waals surface area (Å²) in [5.41, 5.74) is 1.13. The summed E-state index contributed by atoms with van der Waals surface area (Å²) in [7, 11) is 4.03. The van der Waals surface area contributed by atoms with E-state index in [0.717, 1.165) is 17.8 Å². The number of urea groups is 1. The van der Waals surface area contributed by atoms with E-state index in [1.165, 1.54) is 11.8 Å². The highest BCUT2D eigenvalue weighted by Gasteiger charge is 2.22. The summed E-state index contributed by atoms with van der Waals surface area (Å²) in [4.78, 5) is 25.6. The van der Waals surface area contributed by atoms with Crippen molar-refractivity contribution in [2.75, 3.05) is 26.4 Å². The molecule has 0 aliphatic heterocycles. The average Bonchev–Trinajstić information content (AvgIpc) is 3.04. The maximum atomic E-state index is 12.0. The number of amides is 3. The van der Waals surface area contributed by atoms with Crippen molar-refractivity contribution in [1.29, 1.82) is 0 Å². The summed E-state index contributed by atoms with van der Waals surface area (Å²) in [5.74, 6) is 0.581. The van der Waals surface area contributed by atoms with Gasteiger partial charge in [0.1, 0.15) is 0 Å². The number of carbonyl (C=O) groups excluding carboxylic acids is 2. The molecule has 0 bridgehead atoms. The van der Waals surface area contributed by atoms with Crippen LogP contribution in [0.3, 0.4) is 0 Å². The molecule has 2 rings (SSSR count). The number of rotatable bonds is 9. The normalized spacial score (nSPS) is 12.0. The highest BCUT2D eigenvalue weighted by atomic mass is 32.2. The molecule has 0 spiro atoms. The van der Waals surface area contributed by atoms with E-state index >= 15 is 0 Å². The molecular formula is C19H28N6O2S. The molecule has 152 valence electrons. The predicted octanol–water partition coefficient (Wildman–Crippen LogP) is 2.28. The molecule has 0 saturated heterocycles. The largest absolute Gasteiger partial charge is 0.338 e. The zero-order valence-corrected chi connectivity index (χ0v) is 17.6. The van der Waals surface area contributed by atoms with Gasteiger partial charge in [-0.05, 0) is 33.0 Å². The Bertz CT molecular complexity index is 778. The summed E-state index contributed by atoms with van der Waals surface area (Å²) >= 11 is 1.27. The molecule has 0 fully saturated rings. The van der Waals surface area contributed by atoms with Gasteiger partial charge in [-0.2, -0.15) is 0 Å². The van der Waals surface area contributed by atoms with E-state index in [2.05, 4.69) is 44.8 Å². The molecule has 1 unspecified atom stereocenters. The number of imide groups is 1. The summed E-state index contributed by atoms with van der Waals surface area (Å²) in [6, 6.07) is 9.71. The fourth-order valence-electron chi connectivity index (χ4n) is 2.84. The smallest absolute Gasteiger partial charge is 0.321 e. The van der Waals surface area contributed by atoms with E-state index in [1.54, 1.807) is 6.92 Å². The molecule has 1 atom stereocenters. The van der Waals surface area contributed by atoms with Crippen LogP contribution in [0.1, 0.15) is 37.7 Å². The van der Waals surface area contributed by atoms with Crippen molar-refractivity contribution in [3.05, 3.63) is 41.7 Å². The highest BCUT2D eigenvalue weighted by molar-refractivity contribution is 7.99. The van der Waals surface area contributed by atoms with E-state index in [-0.39, 0.29) is 17.7 Å². The molecule has 0 radical (unpaired) electrons. The van der Waals surface area contributed by atoms with E-state index in [4.69, 9.17) is 0 Å². The summed E-state index contributed by atoms with van der Waals surface area (Å²) in [6.45, 7) is 4.98.